The zero-order valence-electron chi connectivity index (χ0n) is 14.7. The fourth-order valence-electron chi connectivity index (χ4n) is 2.88. The maximum Gasteiger partial charge on any atom is 0.264 e. The lowest BCUT2D eigenvalue weighted by molar-refractivity contribution is 0.163. The van der Waals surface area contributed by atoms with Gasteiger partial charge in [0.05, 0.1) is 5.39 Å². The summed E-state index contributed by atoms with van der Waals surface area (Å²) in [4.78, 5) is 13.3. The number of aryl methyl sites for hydroxylation is 1. The first-order valence-electron chi connectivity index (χ1n) is 8.43. The summed E-state index contributed by atoms with van der Waals surface area (Å²) >= 11 is 0. The normalized spacial score (nSPS) is 11.8. The van der Waals surface area contributed by atoms with E-state index in [1.165, 1.54) is 0 Å². The van der Waals surface area contributed by atoms with Gasteiger partial charge in [-0.25, -0.2) is 0 Å². The van der Waals surface area contributed by atoms with Crippen molar-refractivity contribution in [3.63, 3.8) is 0 Å². The molecule has 3 heteroatoms. The third kappa shape index (κ3) is 3.35. The van der Waals surface area contributed by atoms with Crippen molar-refractivity contribution < 1.29 is 4.74 Å². The minimum Gasteiger partial charge on any atom is -0.369 e. The van der Waals surface area contributed by atoms with Crippen LogP contribution in [0.1, 0.15) is 25.1 Å². The molecule has 1 aromatic heterocycles. The molecule has 0 radical (unpaired) electrons. The van der Waals surface area contributed by atoms with Gasteiger partial charge in [-0.05, 0) is 43.0 Å². The van der Waals surface area contributed by atoms with Crippen LogP contribution in [0.3, 0.4) is 0 Å². The van der Waals surface area contributed by atoms with E-state index in [-0.39, 0.29) is 11.7 Å². The summed E-state index contributed by atoms with van der Waals surface area (Å²) in [6.07, 6.45) is 0.595. The van der Waals surface area contributed by atoms with E-state index in [1.54, 1.807) is 11.7 Å². The van der Waals surface area contributed by atoms with Gasteiger partial charge in [-0.2, -0.15) is 0 Å². The van der Waals surface area contributed by atoms with Crippen molar-refractivity contribution in [2.75, 3.05) is 7.11 Å². The second-order valence-electron chi connectivity index (χ2n) is 5.88. The van der Waals surface area contributed by atoms with Crippen molar-refractivity contribution in [1.29, 1.82) is 0 Å². The van der Waals surface area contributed by atoms with Gasteiger partial charge >= 0.3 is 0 Å². The molecular formula is C22H21NO2. The Morgan fingerprint density at radius 1 is 1.12 bits per heavy atom. The quantitative estimate of drug-likeness (QED) is 0.681. The highest BCUT2D eigenvalue weighted by molar-refractivity contribution is 5.88. The van der Waals surface area contributed by atoms with Crippen molar-refractivity contribution in [3.05, 3.63) is 76.2 Å². The molecule has 3 nitrogen and oxygen atoms in total. The first-order chi connectivity index (χ1) is 12.2. The Balaban J connectivity index is 2.32. The molecule has 0 N–H and O–H groups in total. The van der Waals surface area contributed by atoms with E-state index in [0.29, 0.717) is 5.39 Å². The van der Waals surface area contributed by atoms with Gasteiger partial charge in [-0.3, -0.25) is 9.36 Å². The minimum absolute atomic E-state index is 0.0319. The molecule has 0 bridgehead atoms. The van der Waals surface area contributed by atoms with Gasteiger partial charge in [0.15, 0.2) is 0 Å². The van der Waals surface area contributed by atoms with Crippen LogP contribution < -0.4 is 5.56 Å². The Kier molecular flexibility index (Phi) is 5.02. The number of nitrogens with zero attached hydrogens (tertiary/aromatic N) is 1. The summed E-state index contributed by atoms with van der Waals surface area (Å²) in [6, 6.07) is 17.6. The maximum absolute atomic E-state index is 13.3. The van der Waals surface area contributed by atoms with Crippen molar-refractivity contribution in [2.45, 2.75) is 26.4 Å². The van der Waals surface area contributed by atoms with Crippen LogP contribution in [0.25, 0.3) is 16.5 Å². The summed E-state index contributed by atoms with van der Waals surface area (Å²) < 4.78 is 6.97. The number of hydrogen-bond acceptors (Lipinski definition) is 2. The van der Waals surface area contributed by atoms with Crippen LogP contribution in [0.15, 0.2) is 59.4 Å². The van der Waals surface area contributed by atoms with Crippen LogP contribution in [0.4, 0.5) is 0 Å². The van der Waals surface area contributed by atoms with E-state index in [9.17, 15) is 4.79 Å². The van der Waals surface area contributed by atoms with Crippen LogP contribution in [0, 0.1) is 11.8 Å². The van der Waals surface area contributed by atoms with Gasteiger partial charge in [0.2, 0.25) is 0 Å². The highest BCUT2D eigenvalue weighted by Crippen LogP contribution is 2.19. The molecule has 0 aliphatic heterocycles. The van der Waals surface area contributed by atoms with Crippen LogP contribution >= 0.6 is 0 Å². The van der Waals surface area contributed by atoms with Crippen molar-refractivity contribution >= 4 is 10.8 Å². The number of para-hydroxylation sites is 1. The fraction of sp³-hybridized carbons (Fsp3) is 0.227. The lowest BCUT2D eigenvalue weighted by Gasteiger charge is -2.14. The van der Waals surface area contributed by atoms with Crippen LogP contribution in [0.5, 0.6) is 0 Å². The summed E-state index contributed by atoms with van der Waals surface area (Å²) in [5, 5.41) is 1.57. The first-order valence-corrected chi connectivity index (χ1v) is 8.43. The number of aromatic nitrogens is 1. The Labute approximate surface area is 147 Å². The Morgan fingerprint density at radius 2 is 1.88 bits per heavy atom. The summed E-state index contributed by atoms with van der Waals surface area (Å²) in [5.74, 6) is 6.14. The van der Waals surface area contributed by atoms with Crippen LogP contribution in [-0.2, 0) is 11.2 Å². The third-order valence-corrected chi connectivity index (χ3v) is 4.26. The van der Waals surface area contributed by atoms with Crippen molar-refractivity contribution in [1.82, 2.24) is 4.57 Å². The molecule has 1 unspecified atom stereocenters. The molecule has 0 saturated heterocycles. The zero-order chi connectivity index (χ0) is 17.8. The topological polar surface area (TPSA) is 31.2 Å². The van der Waals surface area contributed by atoms with E-state index >= 15 is 0 Å². The van der Waals surface area contributed by atoms with Crippen LogP contribution in [0.2, 0.25) is 0 Å². The van der Waals surface area contributed by atoms with Gasteiger partial charge in [-0.15, -0.1) is 0 Å². The fourth-order valence-corrected chi connectivity index (χ4v) is 2.88. The highest BCUT2D eigenvalue weighted by Gasteiger charge is 2.12. The van der Waals surface area contributed by atoms with Gasteiger partial charge < -0.3 is 4.74 Å². The van der Waals surface area contributed by atoms with Crippen molar-refractivity contribution in [3.8, 4) is 17.5 Å². The third-order valence-electron chi connectivity index (χ3n) is 4.26. The molecule has 1 atom stereocenters. The lowest BCUT2D eigenvalue weighted by Crippen LogP contribution is -2.22. The molecule has 0 saturated carbocycles. The number of pyridine rings is 1. The van der Waals surface area contributed by atoms with E-state index in [0.717, 1.165) is 28.8 Å². The average Bonchev–Trinajstić information content (AvgIpc) is 2.66. The second kappa shape index (κ2) is 7.38. The predicted molar refractivity (Wildman–Crippen MR) is 102 cm³/mol. The number of ether oxygens (including phenoxy) is 1. The molecule has 0 aliphatic carbocycles. The SMILES string of the molecule is CCc1cc2cccc(C#CC(C)OC)c2c(=O)n1-c1ccccc1. The predicted octanol–water partition coefficient (Wildman–Crippen LogP) is 3.94. The van der Waals surface area contributed by atoms with E-state index in [2.05, 4.69) is 24.8 Å². The van der Waals surface area contributed by atoms with E-state index in [4.69, 9.17) is 4.74 Å². The van der Waals surface area contributed by atoms with Gasteiger partial charge in [0.25, 0.3) is 5.56 Å². The molecule has 0 spiro atoms. The Morgan fingerprint density at radius 3 is 2.56 bits per heavy atom. The first kappa shape index (κ1) is 17.0. The molecule has 3 rings (SSSR count). The maximum atomic E-state index is 13.3. The van der Waals surface area contributed by atoms with Gasteiger partial charge in [-0.1, -0.05) is 49.1 Å². The molecule has 2 aromatic carbocycles. The lowest BCUT2D eigenvalue weighted by atomic mass is 10.0. The molecule has 0 amide bonds. The molecule has 126 valence electrons. The molecule has 1 heterocycles. The van der Waals surface area contributed by atoms with E-state index in [1.807, 2.05) is 55.5 Å². The number of benzene rings is 2. The highest BCUT2D eigenvalue weighted by atomic mass is 16.5. The molecule has 25 heavy (non-hydrogen) atoms. The number of rotatable bonds is 3. The largest absolute Gasteiger partial charge is 0.369 e. The number of hydrogen-bond donors (Lipinski definition) is 0. The molecule has 0 fully saturated rings. The summed E-state index contributed by atoms with van der Waals surface area (Å²) in [5.41, 5.74) is 2.56. The standard InChI is InChI=1S/C22H21NO2/c1-4-19-15-18-10-8-9-17(14-13-16(2)25-3)21(18)22(24)23(19)20-11-6-5-7-12-20/h5-12,15-16H,4H2,1-3H3. The second-order valence-corrected chi connectivity index (χ2v) is 5.88. The van der Waals surface area contributed by atoms with Gasteiger partial charge in [0.1, 0.15) is 6.10 Å². The molecular weight excluding hydrogens is 310 g/mol. The summed E-state index contributed by atoms with van der Waals surface area (Å²) in [6.45, 7) is 3.94. The molecule has 0 aliphatic rings. The zero-order valence-corrected chi connectivity index (χ0v) is 14.7. The monoisotopic (exact) mass is 331 g/mol. The smallest absolute Gasteiger partial charge is 0.264 e. The van der Waals surface area contributed by atoms with Crippen molar-refractivity contribution in [2.24, 2.45) is 0 Å². The molecule has 3 aromatic rings. The Hall–Kier alpha value is -2.83. The van der Waals surface area contributed by atoms with E-state index < -0.39 is 0 Å². The van der Waals surface area contributed by atoms with Gasteiger partial charge in [0, 0.05) is 24.1 Å². The number of methoxy groups -OCH3 is 1. The van der Waals surface area contributed by atoms with Crippen LogP contribution in [-0.4, -0.2) is 17.8 Å². The summed E-state index contributed by atoms with van der Waals surface area (Å²) in [7, 11) is 1.62. The Bertz CT molecular complexity index is 1010. The average molecular weight is 331 g/mol. The number of fused-ring (bicyclic) bond motifs is 1. The minimum atomic E-state index is -0.179.